The van der Waals surface area contributed by atoms with E-state index in [1.54, 1.807) is 0 Å². The van der Waals surface area contributed by atoms with Gasteiger partial charge in [0.05, 0.1) is 18.9 Å². The number of fused-ring (bicyclic) bond motifs is 1. The lowest BCUT2D eigenvalue weighted by molar-refractivity contribution is 0.0303. The molecule has 1 amide bonds. The Bertz CT molecular complexity index is 1040. The minimum Gasteiger partial charge on any atom is -0.381 e. The van der Waals surface area contributed by atoms with Crippen molar-refractivity contribution in [1.82, 2.24) is 14.9 Å². The van der Waals surface area contributed by atoms with Crippen molar-refractivity contribution in [3.05, 3.63) is 48.3 Å². The van der Waals surface area contributed by atoms with Gasteiger partial charge in [0.25, 0.3) is 5.91 Å². The first-order valence-corrected chi connectivity index (χ1v) is 10.9. The quantitative estimate of drug-likeness (QED) is 0.680. The molecule has 5 rings (SSSR count). The third-order valence-corrected chi connectivity index (χ3v) is 6.37. The van der Waals surface area contributed by atoms with Crippen LogP contribution in [0.5, 0.6) is 0 Å². The molecule has 156 valence electrons. The number of H-pyrrole nitrogens is 1. The zero-order valence-electron chi connectivity index (χ0n) is 17.4. The summed E-state index contributed by atoms with van der Waals surface area (Å²) in [6.45, 7) is 4.86. The van der Waals surface area contributed by atoms with Gasteiger partial charge in [0, 0.05) is 48.0 Å². The maximum atomic E-state index is 12.8. The summed E-state index contributed by atoms with van der Waals surface area (Å²) < 4.78 is 5.36. The van der Waals surface area contributed by atoms with Gasteiger partial charge in [0.2, 0.25) is 0 Å². The molecule has 6 nitrogen and oxygen atoms in total. The lowest BCUT2D eigenvalue weighted by Crippen LogP contribution is -2.40. The van der Waals surface area contributed by atoms with Crippen LogP contribution in [0.25, 0.3) is 22.2 Å². The van der Waals surface area contributed by atoms with Crippen LogP contribution in [0.3, 0.4) is 0 Å². The van der Waals surface area contributed by atoms with Crippen LogP contribution in [0.1, 0.15) is 36.5 Å². The molecule has 2 atom stereocenters. The Morgan fingerprint density at radius 2 is 1.97 bits per heavy atom. The van der Waals surface area contributed by atoms with Crippen molar-refractivity contribution in [1.29, 1.82) is 0 Å². The van der Waals surface area contributed by atoms with Gasteiger partial charge in [0.15, 0.2) is 0 Å². The molecule has 3 heterocycles. The van der Waals surface area contributed by atoms with E-state index in [-0.39, 0.29) is 5.91 Å². The molecule has 6 heteroatoms. The number of benzene rings is 1. The number of ether oxygens (including phenoxy) is 1. The number of anilines is 1. The molecule has 30 heavy (non-hydrogen) atoms. The zero-order chi connectivity index (χ0) is 20.5. The van der Waals surface area contributed by atoms with E-state index in [4.69, 9.17) is 4.74 Å². The summed E-state index contributed by atoms with van der Waals surface area (Å²) in [6.07, 6.45) is 7.53. The molecule has 2 fully saturated rings. The van der Waals surface area contributed by atoms with E-state index < -0.39 is 0 Å². The Labute approximate surface area is 176 Å². The zero-order valence-corrected chi connectivity index (χ0v) is 17.4. The number of morpholine rings is 1. The number of pyridine rings is 1. The van der Waals surface area contributed by atoms with Gasteiger partial charge in [-0.2, -0.15) is 0 Å². The highest BCUT2D eigenvalue weighted by molar-refractivity contribution is 5.99. The Kier molecular flexibility index (Phi) is 5.17. The van der Waals surface area contributed by atoms with Crippen LogP contribution in [0.15, 0.2) is 42.7 Å². The summed E-state index contributed by atoms with van der Waals surface area (Å²) in [5, 5.41) is 4.92. The van der Waals surface area contributed by atoms with E-state index in [2.05, 4.69) is 28.3 Å². The van der Waals surface area contributed by atoms with Crippen LogP contribution in [0.4, 0.5) is 5.69 Å². The third-order valence-electron chi connectivity index (χ3n) is 6.37. The van der Waals surface area contributed by atoms with E-state index >= 15 is 0 Å². The lowest BCUT2D eigenvalue weighted by atomic mass is 10.0. The molecule has 2 aromatic heterocycles. The number of hydrogen-bond acceptors (Lipinski definition) is 4. The smallest absolute Gasteiger partial charge is 0.254 e. The normalized spacial score (nSPS) is 21.8. The molecular weight excluding hydrogens is 376 g/mol. The van der Waals surface area contributed by atoms with Gasteiger partial charge in [-0.15, -0.1) is 0 Å². The molecule has 0 radical (unpaired) electrons. The largest absolute Gasteiger partial charge is 0.381 e. The lowest BCUT2D eigenvalue weighted by Gasteiger charge is -2.27. The predicted octanol–water partition coefficient (Wildman–Crippen LogP) is 4.30. The topological polar surface area (TPSA) is 70.2 Å². The van der Waals surface area contributed by atoms with Crippen molar-refractivity contribution in [2.75, 3.05) is 31.6 Å². The van der Waals surface area contributed by atoms with E-state index in [9.17, 15) is 4.79 Å². The predicted molar refractivity (Wildman–Crippen MR) is 119 cm³/mol. The summed E-state index contributed by atoms with van der Waals surface area (Å²) >= 11 is 0. The molecule has 1 saturated carbocycles. The fourth-order valence-electron chi connectivity index (χ4n) is 4.67. The summed E-state index contributed by atoms with van der Waals surface area (Å²) in [5.41, 5.74) is 4.89. The molecule has 1 aromatic carbocycles. The first-order chi connectivity index (χ1) is 14.7. The number of carbonyl (C=O) groups excluding carboxylic acids is 1. The molecule has 3 aromatic rings. The Balaban J connectivity index is 1.45. The standard InChI is InChI=1S/C24H28N4O2/c1-16-2-7-19(14-16)27-22-20-8-9-25-23(20)26-15-21(22)17-3-5-18(6-4-17)24(29)28-10-12-30-13-11-28/h3-6,8-9,15-16,19H,2,7,10-14H2,1H3,(H2,25,26,27)/t16-,19?/m0/s1. The van der Waals surface area contributed by atoms with Crippen LogP contribution < -0.4 is 5.32 Å². The summed E-state index contributed by atoms with van der Waals surface area (Å²) in [4.78, 5) is 22.5. The fraction of sp³-hybridized carbons (Fsp3) is 0.417. The molecular formula is C24H28N4O2. The fourth-order valence-corrected chi connectivity index (χ4v) is 4.67. The number of nitrogens with zero attached hydrogens (tertiary/aromatic N) is 2. The number of aromatic nitrogens is 2. The highest BCUT2D eigenvalue weighted by Gasteiger charge is 2.24. The highest BCUT2D eigenvalue weighted by atomic mass is 16.5. The Morgan fingerprint density at radius 1 is 1.17 bits per heavy atom. The number of carbonyl (C=O) groups is 1. The number of hydrogen-bond donors (Lipinski definition) is 2. The van der Waals surface area contributed by atoms with Crippen molar-refractivity contribution in [3.8, 4) is 11.1 Å². The van der Waals surface area contributed by atoms with Gasteiger partial charge < -0.3 is 19.9 Å². The maximum absolute atomic E-state index is 12.8. The van der Waals surface area contributed by atoms with Crippen molar-refractivity contribution in [3.63, 3.8) is 0 Å². The summed E-state index contributed by atoms with van der Waals surface area (Å²) in [7, 11) is 0. The van der Waals surface area contributed by atoms with Gasteiger partial charge in [-0.1, -0.05) is 19.1 Å². The molecule has 1 aliphatic carbocycles. The van der Waals surface area contributed by atoms with E-state index in [1.807, 2.05) is 41.6 Å². The van der Waals surface area contributed by atoms with Gasteiger partial charge in [-0.3, -0.25) is 4.79 Å². The Morgan fingerprint density at radius 3 is 2.70 bits per heavy atom. The first kappa shape index (κ1) is 19.1. The average molecular weight is 405 g/mol. The van der Waals surface area contributed by atoms with Gasteiger partial charge in [-0.05, 0) is 48.9 Å². The number of rotatable bonds is 4. The van der Waals surface area contributed by atoms with Crippen molar-refractivity contribution in [2.45, 2.75) is 32.2 Å². The molecule has 1 saturated heterocycles. The first-order valence-electron chi connectivity index (χ1n) is 10.9. The van der Waals surface area contributed by atoms with E-state index in [0.717, 1.165) is 39.3 Å². The molecule has 1 aliphatic heterocycles. The second-order valence-corrected chi connectivity index (χ2v) is 8.53. The van der Waals surface area contributed by atoms with Gasteiger partial charge in [-0.25, -0.2) is 4.98 Å². The minimum absolute atomic E-state index is 0.0716. The minimum atomic E-state index is 0.0716. The second-order valence-electron chi connectivity index (χ2n) is 8.53. The molecule has 1 unspecified atom stereocenters. The van der Waals surface area contributed by atoms with E-state index in [0.29, 0.717) is 32.3 Å². The van der Waals surface area contributed by atoms with Crippen molar-refractivity contribution < 1.29 is 9.53 Å². The monoisotopic (exact) mass is 404 g/mol. The van der Waals surface area contributed by atoms with Crippen molar-refractivity contribution >= 4 is 22.6 Å². The average Bonchev–Trinajstić information content (AvgIpc) is 3.43. The van der Waals surface area contributed by atoms with E-state index in [1.165, 1.54) is 19.3 Å². The molecule has 0 bridgehead atoms. The van der Waals surface area contributed by atoms with Crippen LogP contribution in [-0.2, 0) is 4.74 Å². The van der Waals surface area contributed by atoms with Crippen LogP contribution >= 0.6 is 0 Å². The number of amides is 1. The molecule has 2 N–H and O–H groups in total. The maximum Gasteiger partial charge on any atom is 0.254 e. The SMILES string of the molecule is C[C@H]1CCC(Nc2c(-c3ccc(C(=O)N4CCOCC4)cc3)cnc3[nH]ccc23)C1. The third kappa shape index (κ3) is 3.67. The highest BCUT2D eigenvalue weighted by Crippen LogP contribution is 2.36. The number of aromatic amines is 1. The van der Waals surface area contributed by atoms with Crippen LogP contribution in [-0.4, -0.2) is 53.1 Å². The van der Waals surface area contributed by atoms with Crippen LogP contribution in [0.2, 0.25) is 0 Å². The van der Waals surface area contributed by atoms with Gasteiger partial charge in [0.1, 0.15) is 5.65 Å². The number of nitrogens with one attached hydrogen (secondary N) is 2. The second kappa shape index (κ2) is 8.11. The summed E-state index contributed by atoms with van der Waals surface area (Å²) in [6, 6.07) is 10.5. The van der Waals surface area contributed by atoms with Crippen LogP contribution in [0, 0.1) is 5.92 Å². The summed E-state index contributed by atoms with van der Waals surface area (Å²) in [5.74, 6) is 0.835. The Hall–Kier alpha value is -2.86. The van der Waals surface area contributed by atoms with Gasteiger partial charge >= 0.3 is 0 Å². The van der Waals surface area contributed by atoms with Crippen molar-refractivity contribution in [2.24, 2.45) is 5.92 Å². The molecule has 2 aliphatic rings. The molecule has 0 spiro atoms.